The number of amides is 3. The van der Waals surface area contributed by atoms with Crippen LogP contribution in [0.1, 0.15) is 28.8 Å². The number of benzene rings is 1. The number of furan rings is 1. The van der Waals surface area contributed by atoms with E-state index in [9.17, 15) is 19.2 Å². The smallest absolute Gasteiger partial charge is 0.373 e. The Morgan fingerprint density at radius 3 is 2.64 bits per heavy atom. The fourth-order valence-corrected chi connectivity index (χ4v) is 3.43. The second-order valence-corrected chi connectivity index (χ2v) is 7.62. The maximum Gasteiger partial charge on any atom is 0.373 e. The summed E-state index contributed by atoms with van der Waals surface area (Å²) in [6.45, 7) is 1.18. The van der Waals surface area contributed by atoms with E-state index < -0.39 is 30.0 Å². The van der Waals surface area contributed by atoms with Crippen molar-refractivity contribution >= 4 is 45.9 Å². The summed E-state index contributed by atoms with van der Waals surface area (Å²) in [4.78, 5) is 48.6. The molecule has 1 aromatic heterocycles. The van der Waals surface area contributed by atoms with E-state index >= 15 is 0 Å². The summed E-state index contributed by atoms with van der Waals surface area (Å²) in [5.41, 5.74) is 0.479. The van der Waals surface area contributed by atoms with Gasteiger partial charge in [-0.05, 0) is 58.8 Å². The monoisotopic (exact) mass is 522 g/mol. The minimum atomic E-state index is -1.15. The Hall–Kier alpha value is -3.80. The molecular weight excluding hydrogens is 504 g/mol. The van der Waals surface area contributed by atoms with Gasteiger partial charge >= 0.3 is 18.0 Å². The number of methoxy groups -OCH3 is 2. The van der Waals surface area contributed by atoms with Crippen LogP contribution in [0.25, 0.3) is 6.08 Å². The number of ether oxygens (including phenoxy) is 3. The Bertz CT molecular complexity index is 1150. The molecule has 0 aliphatic carbocycles. The van der Waals surface area contributed by atoms with Crippen LogP contribution in [0, 0.1) is 0 Å². The first kappa shape index (κ1) is 23.9. The second-order valence-electron chi connectivity index (χ2n) is 6.77. The van der Waals surface area contributed by atoms with Crippen LogP contribution in [-0.4, -0.2) is 54.2 Å². The largest absolute Gasteiger partial charge is 0.493 e. The third-order valence-corrected chi connectivity index (χ3v) is 5.12. The molecular formula is C21H19BrN2O9. The Kier molecular flexibility index (Phi) is 7.07. The molecule has 0 unspecified atom stereocenters. The Balaban J connectivity index is 1.82. The number of carbonyl (C=O) groups is 4. The molecule has 1 aliphatic heterocycles. The van der Waals surface area contributed by atoms with Crippen LogP contribution in [0.2, 0.25) is 0 Å². The van der Waals surface area contributed by atoms with E-state index in [1.165, 1.54) is 45.4 Å². The molecule has 0 saturated carbocycles. The molecule has 2 N–H and O–H groups in total. The SMILES string of the molecule is COC(=O)c1ccc(CN2C(=O)N/C(=C\c3cc(Br)c(O[C@H](C)C(=O)O)c(OC)c3)C2=O)o1. The molecule has 1 fully saturated rings. The average molecular weight is 523 g/mol. The number of halogens is 1. The van der Waals surface area contributed by atoms with Gasteiger partial charge < -0.3 is 29.1 Å². The molecule has 12 heteroatoms. The number of hydrogen-bond donors (Lipinski definition) is 2. The number of urea groups is 1. The first-order chi connectivity index (χ1) is 15.6. The predicted octanol–water partition coefficient (Wildman–Crippen LogP) is 2.78. The highest BCUT2D eigenvalue weighted by Crippen LogP contribution is 2.38. The molecule has 1 saturated heterocycles. The zero-order chi connectivity index (χ0) is 24.3. The van der Waals surface area contributed by atoms with Gasteiger partial charge in [-0.25, -0.2) is 14.4 Å². The summed E-state index contributed by atoms with van der Waals surface area (Å²) in [6, 6.07) is 5.29. The standard InChI is InChI=1S/C21H19BrN2O9/c1-10(19(26)27)32-17-13(22)6-11(8-16(17)30-2)7-14-18(25)24(21(29)23-14)9-12-4-5-15(33-12)20(28)31-3/h4-8,10H,9H2,1-3H3,(H,23,29)(H,26,27)/b14-7-/t10-/m1/s1. The van der Waals surface area contributed by atoms with Crippen molar-refractivity contribution in [1.82, 2.24) is 10.2 Å². The molecule has 33 heavy (non-hydrogen) atoms. The van der Waals surface area contributed by atoms with Crippen molar-refractivity contribution in [2.24, 2.45) is 0 Å². The third kappa shape index (κ3) is 5.17. The number of carbonyl (C=O) groups excluding carboxylic acids is 3. The number of nitrogens with one attached hydrogen (secondary N) is 1. The summed E-state index contributed by atoms with van der Waals surface area (Å²) in [5.74, 6) is -1.86. The van der Waals surface area contributed by atoms with Crippen molar-refractivity contribution in [3.05, 3.63) is 51.5 Å². The first-order valence-electron chi connectivity index (χ1n) is 9.43. The summed E-state index contributed by atoms with van der Waals surface area (Å²) in [5, 5.41) is 11.5. The number of aliphatic carboxylic acids is 1. The van der Waals surface area contributed by atoms with Gasteiger partial charge in [0.2, 0.25) is 5.76 Å². The molecule has 174 valence electrons. The maximum atomic E-state index is 12.8. The third-order valence-electron chi connectivity index (χ3n) is 4.53. The van der Waals surface area contributed by atoms with E-state index in [2.05, 4.69) is 26.0 Å². The summed E-state index contributed by atoms with van der Waals surface area (Å²) in [6.07, 6.45) is 0.310. The Morgan fingerprint density at radius 1 is 1.27 bits per heavy atom. The molecule has 0 bridgehead atoms. The quantitative estimate of drug-likeness (QED) is 0.303. The van der Waals surface area contributed by atoms with E-state index in [1.54, 1.807) is 6.07 Å². The van der Waals surface area contributed by atoms with Gasteiger partial charge in [-0.1, -0.05) is 0 Å². The number of carboxylic acids is 1. The molecule has 1 aliphatic rings. The lowest BCUT2D eigenvalue weighted by Gasteiger charge is -2.16. The van der Waals surface area contributed by atoms with Crippen molar-refractivity contribution < 1.29 is 42.9 Å². The number of imide groups is 1. The van der Waals surface area contributed by atoms with Gasteiger partial charge in [0.15, 0.2) is 17.6 Å². The predicted molar refractivity (Wildman–Crippen MR) is 116 cm³/mol. The fourth-order valence-electron chi connectivity index (χ4n) is 2.88. The second kappa shape index (κ2) is 9.77. The van der Waals surface area contributed by atoms with Gasteiger partial charge in [0.05, 0.1) is 25.2 Å². The van der Waals surface area contributed by atoms with E-state index in [0.717, 1.165) is 4.90 Å². The minimum Gasteiger partial charge on any atom is -0.493 e. The van der Waals surface area contributed by atoms with Gasteiger partial charge in [0.25, 0.3) is 5.91 Å². The fraction of sp³-hybridized carbons (Fsp3) is 0.238. The average Bonchev–Trinajstić information content (AvgIpc) is 3.35. The van der Waals surface area contributed by atoms with Gasteiger partial charge in [-0.15, -0.1) is 0 Å². The van der Waals surface area contributed by atoms with E-state index in [4.69, 9.17) is 19.0 Å². The van der Waals surface area contributed by atoms with Crippen molar-refractivity contribution in [2.45, 2.75) is 19.6 Å². The van der Waals surface area contributed by atoms with Crippen LogP contribution in [0.4, 0.5) is 4.79 Å². The van der Waals surface area contributed by atoms with Crippen LogP contribution in [0.15, 0.2) is 38.9 Å². The summed E-state index contributed by atoms with van der Waals surface area (Å²) >= 11 is 3.31. The normalized spacial score (nSPS) is 15.4. The van der Waals surface area contributed by atoms with Crippen LogP contribution >= 0.6 is 15.9 Å². The molecule has 0 spiro atoms. The summed E-state index contributed by atoms with van der Waals surface area (Å²) < 4.78 is 21.0. The van der Waals surface area contributed by atoms with Crippen LogP contribution < -0.4 is 14.8 Å². The highest BCUT2D eigenvalue weighted by molar-refractivity contribution is 9.10. The van der Waals surface area contributed by atoms with Crippen molar-refractivity contribution in [1.29, 1.82) is 0 Å². The lowest BCUT2D eigenvalue weighted by atomic mass is 10.1. The zero-order valence-corrected chi connectivity index (χ0v) is 19.3. The van der Waals surface area contributed by atoms with Gasteiger partial charge in [0, 0.05) is 0 Å². The first-order valence-corrected chi connectivity index (χ1v) is 10.2. The number of nitrogens with zero attached hydrogens (tertiary/aromatic N) is 1. The topological polar surface area (TPSA) is 145 Å². The number of carboxylic acid groups (broad SMARTS) is 1. The number of rotatable bonds is 8. The van der Waals surface area contributed by atoms with Crippen molar-refractivity contribution in [3.63, 3.8) is 0 Å². The molecule has 3 amide bonds. The zero-order valence-electron chi connectivity index (χ0n) is 17.7. The Morgan fingerprint density at radius 2 is 2.00 bits per heavy atom. The molecule has 2 heterocycles. The van der Waals surface area contributed by atoms with Crippen LogP contribution in [0.3, 0.4) is 0 Å². The number of esters is 1. The number of hydrogen-bond acceptors (Lipinski definition) is 8. The lowest BCUT2D eigenvalue weighted by molar-refractivity contribution is -0.144. The van der Waals surface area contributed by atoms with Crippen molar-refractivity contribution in [3.8, 4) is 11.5 Å². The minimum absolute atomic E-state index is 0.00118. The molecule has 0 radical (unpaired) electrons. The van der Waals surface area contributed by atoms with Gasteiger partial charge in [-0.3, -0.25) is 9.69 Å². The van der Waals surface area contributed by atoms with Crippen LogP contribution in [0.5, 0.6) is 11.5 Å². The van der Waals surface area contributed by atoms with Gasteiger partial charge in [-0.2, -0.15) is 0 Å². The molecule has 1 aromatic carbocycles. The highest BCUT2D eigenvalue weighted by Gasteiger charge is 2.34. The molecule has 2 aromatic rings. The lowest BCUT2D eigenvalue weighted by Crippen LogP contribution is -2.30. The van der Waals surface area contributed by atoms with Gasteiger partial charge in [0.1, 0.15) is 11.5 Å². The van der Waals surface area contributed by atoms with Crippen LogP contribution in [-0.2, 0) is 20.9 Å². The van der Waals surface area contributed by atoms with E-state index in [-0.39, 0.29) is 35.3 Å². The molecule has 3 rings (SSSR count). The summed E-state index contributed by atoms with van der Waals surface area (Å²) in [7, 11) is 2.59. The highest BCUT2D eigenvalue weighted by atomic mass is 79.9. The van der Waals surface area contributed by atoms with E-state index in [1.807, 2.05) is 0 Å². The van der Waals surface area contributed by atoms with Crippen molar-refractivity contribution in [2.75, 3.05) is 14.2 Å². The van der Waals surface area contributed by atoms with E-state index in [0.29, 0.717) is 10.0 Å². The maximum absolute atomic E-state index is 12.8. The molecule has 11 nitrogen and oxygen atoms in total. The Labute approximate surface area is 196 Å². The molecule has 1 atom stereocenters.